The van der Waals surface area contributed by atoms with Crippen LogP contribution in [-0.4, -0.2) is 16.0 Å². The fourth-order valence-corrected chi connectivity index (χ4v) is 3.24. The number of hydrogen-bond donors (Lipinski definition) is 3. The molecule has 31 heavy (non-hydrogen) atoms. The fourth-order valence-electron chi connectivity index (χ4n) is 3.07. The molecular weight excluding hydrogens is 417 g/mol. The van der Waals surface area contributed by atoms with Crippen LogP contribution in [0, 0.1) is 12.7 Å². The normalized spacial score (nSPS) is 10.7. The molecule has 0 atom stereocenters. The Hall–Kier alpha value is -3.71. The average molecular weight is 436 g/mol. The van der Waals surface area contributed by atoms with Gasteiger partial charge in [-0.1, -0.05) is 23.8 Å². The van der Waals surface area contributed by atoms with Gasteiger partial charge >= 0.3 is 6.03 Å². The first-order valence-corrected chi connectivity index (χ1v) is 9.94. The summed E-state index contributed by atoms with van der Waals surface area (Å²) in [7, 11) is 0. The second-order valence-electron chi connectivity index (χ2n) is 7.00. The highest BCUT2D eigenvalue weighted by Gasteiger charge is 2.08. The van der Waals surface area contributed by atoms with Crippen molar-refractivity contribution < 1.29 is 9.18 Å². The molecule has 8 heteroatoms. The first-order valence-electron chi connectivity index (χ1n) is 9.56. The number of fused-ring (bicyclic) bond motifs is 1. The van der Waals surface area contributed by atoms with E-state index in [2.05, 4.69) is 25.9 Å². The van der Waals surface area contributed by atoms with Crippen molar-refractivity contribution >= 4 is 45.7 Å². The molecule has 1 heterocycles. The van der Waals surface area contributed by atoms with Gasteiger partial charge < -0.3 is 16.0 Å². The van der Waals surface area contributed by atoms with Crippen molar-refractivity contribution in [3.8, 4) is 0 Å². The number of nitrogens with one attached hydrogen (secondary N) is 3. The number of halogens is 2. The van der Waals surface area contributed by atoms with Gasteiger partial charge in [0, 0.05) is 23.3 Å². The van der Waals surface area contributed by atoms with E-state index in [4.69, 9.17) is 11.6 Å². The molecule has 6 nitrogen and oxygen atoms in total. The number of benzene rings is 3. The zero-order valence-electron chi connectivity index (χ0n) is 16.6. The Labute approximate surface area is 183 Å². The van der Waals surface area contributed by atoms with Gasteiger partial charge in [-0.05, 0) is 72.6 Å². The highest BCUT2D eigenvalue weighted by Crippen LogP contribution is 2.24. The van der Waals surface area contributed by atoms with Crippen LogP contribution in [0.3, 0.4) is 0 Å². The van der Waals surface area contributed by atoms with Gasteiger partial charge in [0.1, 0.15) is 11.6 Å². The Bertz CT molecular complexity index is 1230. The van der Waals surface area contributed by atoms with Gasteiger partial charge in [-0.25, -0.2) is 19.2 Å². The first kappa shape index (κ1) is 20.6. The van der Waals surface area contributed by atoms with E-state index in [0.717, 1.165) is 22.0 Å². The van der Waals surface area contributed by atoms with Crippen LogP contribution in [0.1, 0.15) is 11.1 Å². The van der Waals surface area contributed by atoms with Gasteiger partial charge in [-0.15, -0.1) is 0 Å². The number of carbonyl (C=O) groups excluding carboxylic acids is 1. The van der Waals surface area contributed by atoms with Crippen molar-refractivity contribution in [3.63, 3.8) is 0 Å². The van der Waals surface area contributed by atoms with Crippen molar-refractivity contribution in [2.24, 2.45) is 0 Å². The second kappa shape index (κ2) is 8.97. The van der Waals surface area contributed by atoms with Gasteiger partial charge in [-0.2, -0.15) is 0 Å². The lowest BCUT2D eigenvalue weighted by molar-refractivity contribution is 0.262. The van der Waals surface area contributed by atoms with E-state index >= 15 is 0 Å². The number of carbonyl (C=O) groups is 1. The fraction of sp³-hybridized carbons (Fsp3) is 0.0870. The largest absolute Gasteiger partial charge is 0.365 e. The van der Waals surface area contributed by atoms with E-state index < -0.39 is 6.03 Å². The maximum absolute atomic E-state index is 12.9. The van der Waals surface area contributed by atoms with E-state index in [1.54, 1.807) is 12.1 Å². The number of anilines is 3. The van der Waals surface area contributed by atoms with Crippen LogP contribution in [0.4, 0.5) is 26.4 Å². The minimum absolute atomic E-state index is 0.186. The van der Waals surface area contributed by atoms with Crippen LogP contribution in [0.2, 0.25) is 5.28 Å². The number of urea groups is 1. The van der Waals surface area contributed by atoms with E-state index in [-0.39, 0.29) is 11.1 Å². The molecular formula is C23H19ClFN5O. The Balaban J connectivity index is 1.39. The standard InChI is InChI=1S/C23H19ClFN5O/c1-14-2-11-20-19(12-14)21(30-22(24)29-20)26-13-15-3-7-17(8-4-15)27-23(31)28-18-9-5-16(25)6-10-18/h2-12H,13H2,1H3,(H,26,29,30)(H2,27,28,31). The van der Waals surface area contributed by atoms with E-state index in [9.17, 15) is 9.18 Å². The highest BCUT2D eigenvalue weighted by atomic mass is 35.5. The third-order valence-electron chi connectivity index (χ3n) is 4.60. The number of rotatable bonds is 5. The topological polar surface area (TPSA) is 78.9 Å². The van der Waals surface area contributed by atoms with Crippen molar-refractivity contribution in [1.29, 1.82) is 0 Å². The Morgan fingerprint density at radius 1 is 0.935 bits per heavy atom. The molecule has 0 saturated carbocycles. The quantitative estimate of drug-likeness (QED) is 0.336. The zero-order chi connectivity index (χ0) is 21.8. The third-order valence-corrected chi connectivity index (χ3v) is 4.77. The molecule has 0 unspecified atom stereocenters. The summed E-state index contributed by atoms with van der Waals surface area (Å²) in [5.41, 5.74) is 4.02. The predicted molar refractivity (Wildman–Crippen MR) is 122 cm³/mol. The number of nitrogens with zero attached hydrogens (tertiary/aromatic N) is 2. The molecule has 0 saturated heterocycles. The van der Waals surface area contributed by atoms with Crippen LogP contribution < -0.4 is 16.0 Å². The van der Waals surface area contributed by atoms with Crippen molar-refractivity contribution in [3.05, 3.63) is 89.0 Å². The van der Waals surface area contributed by atoms with Crippen LogP contribution in [0.5, 0.6) is 0 Å². The molecule has 0 aliphatic heterocycles. The summed E-state index contributed by atoms with van der Waals surface area (Å²) < 4.78 is 12.9. The predicted octanol–water partition coefficient (Wildman–Crippen LogP) is 5.99. The van der Waals surface area contributed by atoms with Gasteiger partial charge in [0.05, 0.1) is 5.52 Å². The van der Waals surface area contributed by atoms with E-state index in [1.807, 2.05) is 37.3 Å². The lowest BCUT2D eigenvalue weighted by Crippen LogP contribution is -2.19. The summed E-state index contributed by atoms with van der Waals surface area (Å²) in [6.45, 7) is 2.54. The minimum Gasteiger partial charge on any atom is -0.365 e. The molecule has 0 aliphatic carbocycles. The van der Waals surface area contributed by atoms with Crippen molar-refractivity contribution in [1.82, 2.24) is 9.97 Å². The van der Waals surface area contributed by atoms with Gasteiger partial charge in [-0.3, -0.25) is 0 Å². The molecule has 0 fully saturated rings. The lowest BCUT2D eigenvalue weighted by Gasteiger charge is -2.11. The van der Waals surface area contributed by atoms with Crippen LogP contribution in [0.15, 0.2) is 66.7 Å². The number of amides is 2. The average Bonchev–Trinajstić information content (AvgIpc) is 2.75. The van der Waals surface area contributed by atoms with Crippen LogP contribution >= 0.6 is 11.6 Å². The summed E-state index contributed by atoms with van der Waals surface area (Å²) in [5, 5.41) is 9.78. The van der Waals surface area contributed by atoms with Crippen molar-refractivity contribution in [2.75, 3.05) is 16.0 Å². The molecule has 3 aromatic carbocycles. The van der Waals surface area contributed by atoms with Crippen molar-refractivity contribution in [2.45, 2.75) is 13.5 Å². The molecule has 156 valence electrons. The monoisotopic (exact) mass is 435 g/mol. The summed E-state index contributed by atoms with van der Waals surface area (Å²) in [4.78, 5) is 20.7. The smallest absolute Gasteiger partial charge is 0.323 e. The third kappa shape index (κ3) is 5.26. The summed E-state index contributed by atoms with van der Waals surface area (Å²) >= 11 is 6.05. The van der Waals surface area contributed by atoms with E-state index in [1.165, 1.54) is 24.3 Å². The molecule has 0 bridgehead atoms. The van der Waals surface area contributed by atoms with E-state index in [0.29, 0.717) is 23.7 Å². The van der Waals surface area contributed by atoms with Crippen LogP contribution in [0.25, 0.3) is 10.9 Å². The number of aryl methyl sites for hydroxylation is 1. The Morgan fingerprint density at radius 3 is 2.26 bits per heavy atom. The Morgan fingerprint density at radius 2 is 1.58 bits per heavy atom. The number of hydrogen-bond acceptors (Lipinski definition) is 4. The molecule has 4 rings (SSSR count). The molecule has 3 N–H and O–H groups in total. The minimum atomic E-state index is -0.407. The van der Waals surface area contributed by atoms with Crippen LogP contribution in [-0.2, 0) is 6.54 Å². The second-order valence-corrected chi connectivity index (χ2v) is 7.34. The first-order chi connectivity index (χ1) is 15.0. The Kier molecular flexibility index (Phi) is 5.95. The summed E-state index contributed by atoms with van der Waals surface area (Å²) in [5.74, 6) is 0.308. The molecule has 1 aromatic heterocycles. The van der Waals surface area contributed by atoms with Gasteiger partial charge in [0.15, 0.2) is 0 Å². The van der Waals surface area contributed by atoms with Gasteiger partial charge in [0.2, 0.25) is 5.28 Å². The maximum Gasteiger partial charge on any atom is 0.323 e. The van der Waals surface area contributed by atoms with Gasteiger partial charge in [0.25, 0.3) is 0 Å². The maximum atomic E-state index is 12.9. The number of aromatic nitrogens is 2. The highest BCUT2D eigenvalue weighted by molar-refractivity contribution is 6.28. The molecule has 2 amide bonds. The summed E-state index contributed by atoms with van der Waals surface area (Å²) in [6, 6.07) is 18.5. The molecule has 0 spiro atoms. The SMILES string of the molecule is Cc1ccc2nc(Cl)nc(NCc3ccc(NC(=O)Nc4ccc(F)cc4)cc3)c2c1. The zero-order valence-corrected chi connectivity index (χ0v) is 17.4. The molecule has 0 aliphatic rings. The summed E-state index contributed by atoms with van der Waals surface area (Å²) in [6.07, 6.45) is 0. The molecule has 4 aromatic rings. The molecule has 0 radical (unpaired) electrons. The lowest BCUT2D eigenvalue weighted by atomic mass is 10.1.